The molecule has 0 saturated carbocycles. The molecule has 4 aromatic rings. The number of hydrogen-bond donors (Lipinski definition) is 4. The molecule has 37 heavy (non-hydrogen) atoms. The van der Waals surface area contributed by atoms with Gasteiger partial charge in [-0.3, -0.25) is 0 Å². The van der Waals surface area contributed by atoms with Crippen molar-refractivity contribution in [2.24, 2.45) is 5.73 Å². The summed E-state index contributed by atoms with van der Waals surface area (Å²) in [6.45, 7) is 8.72. The van der Waals surface area contributed by atoms with E-state index in [0.29, 0.717) is 5.82 Å². The summed E-state index contributed by atoms with van der Waals surface area (Å²) in [6, 6.07) is 18.6. The second kappa shape index (κ2) is 9.33. The molecule has 0 amide bonds. The van der Waals surface area contributed by atoms with Crippen molar-refractivity contribution in [1.29, 1.82) is 0 Å². The summed E-state index contributed by atoms with van der Waals surface area (Å²) in [5, 5.41) is 10.1. The maximum Gasteiger partial charge on any atom is 0.139 e. The van der Waals surface area contributed by atoms with Gasteiger partial charge in [-0.1, -0.05) is 57.2 Å². The van der Waals surface area contributed by atoms with E-state index in [1.807, 2.05) is 31.4 Å². The standard InChI is InChI=1S/C30H33N7/c1-19-11-12-24-22(13-15-36-30(24,31)21-9-6-8-20(16-21)29(2,3)4)27(19)37-28-23(10-7-14-33-28)25-17-26(32-5)35-18-34-25/h6-18,36H,31H2,1-5H3,(H,33,37)(H,32,34,35). The zero-order valence-corrected chi connectivity index (χ0v) is 21.9. The Morgan fingerprint density at radius 2 is 1.81 bits per heavy atom. The van der Waals surface area contributed by atoms with Crippen molar-refractivity contribution in [3.63, 3.8) is 0 Å². The Kier molecular flexibility index (Phi) is 6.17. The Morgan fingerprint density at radius 3 is 2.59 bits per heavy atom. The molecule has 0 spiro atoms. The first-order valence-electron chi connectivity index (χ1n) is 12.4. The molecule has 0 radical (unpaired) electrons. The van der Waals surface area contributed by atoms with Gasteiger partial charge in [0.25, 0.3) is 0 Å². The molecule has 0 aliphatic carbocycles. The summed E-state index contributed by atoms with van der Waals surface area (Å²) >= 11 is 0. The fourth-order valence-corrected chi connectivity index (χ4v) is 4.69. The van der Waals surface area contributed by atoms with Crippen LogP contribution in [0.25, 0.3) is 17.3 Å². The summed E-state index contributed by atoms with van der Waals surface area (Å²) in [6.07, 6.45) is 7.32. The number of anilines is 3. The third kappa shape index (κ3) is 4.54. The molecule has 0 bridgehead atoms. The molecule has 5 N–H and O–H groups in total. The normalized spacial score (nSPS) is 16.6. The lowest BCUT2D eigenvalue weighted by Crippen LogP contribution is -2.51. The number of aryl methyl sites for hydroxylation is 1. The number of nitrogens with zero attached hydrogens (tertiary/aromatic N) is 3. The molecule has 1 aliphatic rings. The largest absolute Gasteiger partial charge is 0.373 e. The smallest absolute Gasteiger partial charge is 0.139 e. The molecule has 1 aliphatic heterocycles. The monoisotopic (exact) mass is 491 g/mol. The van der Waals surface area contributed by atoms with Gasteiger partial charge in [0.05, 0.1) is 11.4 Å². The first-order valence-corrected chi connectivity index (χ1v) is 12.4. The molecule has 188 valence electrons. The summed E-state index contributed by atoms with van der Waals surface area (Å²) in [5.41, 5.74) is 14.3. The van der Waals surface area contributed by atoms with Crippen LogP contribution in [-0.4, -0.2) is 22.0 Å². The van der Waals surface area contributed by atoms with Crippen molar-refractivity contribution >= 4 is 23.4 Å². The van der Waals surface area contributed by atoms with E-state index < -0.39 is 5.66 Å². The molecular formula is C30H33N7. The molecule has 7 nitrogen and oxygen atoms in total. The van der Waals surface area contributed by atoms with E-state index in [1.165, 1.54) is 5.56 Å². The van der Waals surface area contributed by atoms with E-state index in [1.54, 1.807) is 12.5 Å². The average molecular weight is 492 g/mol. The van der Waals surface area contributed by atoms with Crippen LogP contribution in [0.2, 0.25) is 0 Å². The van der Waals surface area contributed by atoms with Gasteiger partial charge in [0.1, 0.15) is 23.6 Å². The number of aromatic nitrogens is 3. The maximum atomic E-state index is 7.14. The molecule has 5 rings (SSSR count). The fraction of sp³-hybridized carbons (Fsp3) is 0.233. The van der Waals surface area contributed by atoms with Gasteiger partial charge >= 0.3 is 0 Å². The van der Waals surface area contributed by atoms with Crippen LogP contribution >= 0.6 is 0 Å². The van der Waals surface area contributed by atoms with E-state index in [2.05, 4.69) is 101 Å². The molecule has 0 fully saturated rings. The van der Waals surface area contributed by atoms with Crippen LogP contribution in [0, 0.1) is 6.92 Å². The second-order valence-corrected chi connectivity index (χ2v) is 10.4. The van der Waals surface area contributed by atoms with E-state index in [4.69, 9.17) is 5.73 Å². The van der Waals surface area contributed by atoms with Crippen LogP contribution in [0.1, 0.15) is 48.6 Å². The van der Waals surface area contributed by atoms with Crippen LogP contribution in [0.15, 0.2) is 73.3 Å². The van der Waals surface area contributed by atoms with Crippen LogP contribution in [0.5, 0.6) is 0 Å². The van der Waals surface area contributed by atoms with Gasteiger partial charge in [0, 0.05) is 36.0 Å². The van der Waals surface area contributed by atoms with Crippen molar-refractivity contribution in [2.45, 2.75) is 38.8 Å². The van der Waals surface area contributed by atoms with Gasteiger partial charge < -0.3 is 21.7 Å². The van der Waals surface area contributed by atoms with Crippen LogP contribution in [0.4, 0.5) is 17.3 Å². The lowest BCUT2D eigenvalue weighted by atomic mass is 9.81. The molecular weight excluding hydrogens is 458 g/mol. The van der Waals surface area contributed by atoms with Gasteiger partial charge in [0.2, 0.25) is 0 Å². The van der Waals surface area contributed by atoms with Crippen molar-refractivity contribution in [1.82, 2.24) is 20.3 Å². The van der Waals surface area contributed by atoms with Crippen molar-refractivity contribution in [3.8, 4) is 11.3 Å². The summed E-state index contributed by atoms with van der Waals surface area (Å²) in [7, 11) is 1.84. The first kappa shape index (κ1) is 24.5. The number of rotatable bonds is 5. The van der Waals surface area contributed by atoms with Crippen molar-refractivity contribution in [2.75, 3.05) is 17.7 Å². The number of pyridine rings is 1. The third-order valence-corrected chi connectivity index (χ3v) is 6.87. The lowest BCUT2D eigenvalue weighted by molar-refractivity contribution is 0.471. The topological polar surface area (TPSA) is 101 Å². The van der Waals surface area contributed by atoms with E-state index in [9.17, 15) is 0 Å². The highest BCUT2D eigenvalue weighted by Gasteiger charge is 2.34. The molecule has 2 aromatic heterocycles. The maximum absolute atomic E-state index is 7.14. The Labute approximate surface area is 218 Å². The number of nitrogens with one attached hydrogen (secondary N) is 3. The van der Waals surface area contributed by atoms with Gasteiger partial charge in [-0.2, -0.15) is 0 Å². The average Bonchev–Trinajstić information content (AvgIpc) is 2.90. The minimum absolute atomic E-state index is 0.0171. The van der Waals surface area contributed by atoms with Gasteiger partial charge in [-0.05, 0) is 53.4 Å². The molecule has 0 saturated heterocycles. The summed E-state index contributed by atoms with van der Waals surface area (Å²) in [4.78, 5) is 13.4. The molecule has 7 heteroatoms. The number of hydrogen-bond acceptors (Lipinski definition) is 7. The minimum Gasteiger partial charge on any atom is -0.373 e. The summed E-state index contributed by atoms with van der Waals surface area (Å²) in [5.74, 6) is 1.46. The zero-order chi connectivity index (χ0) is 26.2. The molecule has 1 atom stereocenters. The van der Waals surface area contributed by atoms with E-state index in [0.717, 1.165) is 45.0 Å². The molecule has 3 heterocycles. The Morgan fingerprint density at radius 1 is 0.973 bits per heavy atom. The fourth-order valence-electron chi connectivity index (χ4n) is 4.69. The van der Waals surface area contributed by atoms with E-state index in [-0.39, 0.29) is 5.41 Å². The van der Waals surface area contributed by atoms with Gasteiger partial charge in [0.15, 0.2) is 0 Å². The Balaban J connectivity index is 1.60. The highest BCUT2D eigenvalue weighted by molar-refractivity contribution is 5.83. The highest BCUT2D eigenvalue weighted by atomic mass is 15.1. The zero-order valence-electron chi connectivity index (χ0n) is 21.9. The van der Waals surface area contributed by atoms with Crippen LogP contribution < -0.4 is 21.7 Å². The third-order valence-electron chi connectivity index (χ3n) is 6.87. The predicted octanol–water partition coefficient (Wildman–Crippen LogP) is 5.66. The van der Waals surface area contributed by atoms with Crippen molar-refractivity contribution < 1.29 is 0 Å². The first-order chi connectivity index (χ1) is 17.7. The number of nitrogens with two attached hydrogens (primary N) is 1. The van der Waals surface area contributed by atoms with E-state index >= 15 is 0 Å². The second-order valence-electron chi connectivity index (χ2n) is 10.4. The summed E-state index contributed by atoms with van der Waals surface area (Å²) < 4.78 is 0. The highest BCUT2D eigenvalue weighted by Crippen LogP contribution is 2.39. The van der Waals surface area contributed by atoms with Crippen molar-refractivity contribution in [3.05, 3.63) is 101 Å². The lowest BCUT2D eigenvalue weighted by Gasteiger charge is -2.37. The van der Waals surface area contributed by atoms with Gasteiger partial charge in [-0.25, -0.2) is 15.0 Å². The molecule has 2 aromatic carbocycles. The molecule has 1 unspecified atom stereocenters. The Hall–Kier alpha value is -4.23. The minimum atomic E-state index is -0.878. The van der Waals surface area contributed by atoms with Crippen LogP contribution in [0.3, 0.4) is 0 Å². The van der Waals surface area contributed by atoms with Gasteiger partial charge in [-0.15, -0.1) is 0 Å². The number of benzene rings is 2. The Bertz CT molecular complexity index is 1490. The predicted molar refractivity (Wildman–Crippen MR) is 152 cm³/mol. The van der Waals surface area contributed by atoms with Crippen LogP contribution in [-0.2, 0) is 11.1 Å². The SMILES string of the molecule is CNc1cc(-c2cccnc2Nc2c(C)ccc3c2C=CNC3(N)c2cccc(C(C)(C)C)c2)ncn1. The quantitative estimate of drug-likeness (QED) is 0.286. The number of fused-ring (bicyclic) bond motifs is 1.